The highest BCUT2D eigenvalue weighted by Crippen LogP contribution is 2.32. The van der Waals surface area contributed by atoms with E-state index in [9.17, 15) is 9.59 Å². The Labute approximate surface area is 152 Å². The number of imidazole rings is 1. The fourth-order valence-electron chi connectivity index (χ4n) is 3.80. The maximum Gasteiger partial charge on any atom is 0.406 e. The van der Waals surface area contributed by atoms with E-state index < -0.39 is 6.04 Å². The summed E-state index contributed by atoms with van der Waals surface area (Å²) in [6.45, 7) is 6.28. The number of amides is 3. The van der Waals surface area contributed by atoms with Gasteiger partial charge in [0.15, 0.2) is 0 Å². The predicted octanol–water partition coefficient (Wildman–Crippen LogP) is 2.13. The minimum absolute atomic E-state index is 0.223. The monoisotopic (exact) mass is 352 g/mol. The Kier molecular flexibility index (Phi) is 3.68. The smallest absolute Gasteiger partial charge is 0.270 e. The van der Waals surface area contributed by atoms with Gasteiger partial charge in [0.25, 0.3) is 5.91 Å². The minimum atomic E-state index is -0.582. The molecule has 2 aromatic rings. The molecule has 2 aliphatic rings. The van der Waals surface area contributed by atoms with Crippen LogP contribution in [-0.2, 0) is 11.2 Å². The summed E-state index contributed by atoms with van der Waals surface area (Å²) in [5.74, 6) is 0.941. The maximum atomic E-state index is 12.9. The van der Waals surface area contributed by atoms with Crippen molar-refractivity contribution in [3.8, 4) is 5.69 Å². The standard InChI is InChI=1S/C19H22N5O2/c1-5-13-9-7-8-10-14(13)24-12(3)11-23-15-16(20-18(23)24)21(4)19(26)22(6-2)17(15)25/h7-11,15H,5-6H2,1-4H3/q+1. The summed E-state index contributed by atoms with van der Waals surface area (Å²) in [6, 6.07) is 7.27. The molecule has 26 heavy (non-hydrogen) atoms. The predicted molar refractivity (Wildman–Crippen MR) is 96.8 cm³/mol. The number of nitrogens with zero attached hydrogens (tertiary/aromatic N) is 5. The van der Waals surface area contributed by atoms with E-state index in [4.69, 9.17) is 4.99 Å². The van der Waals surface area contributed by atoms with Gasteiger partial charge in [-0.05, 0) is 31.9 Å². The van der Waals surface area contributed by atoms with Crippen molar-refractivity contribution < 1.29 is 14.2 Å². The summed E-state index contributed by atoms with van der Waals surface area (Å²) in [7, 11) is 1.67. The fourth-order valence-corrected chi connectivity index (χ4v) is 3.80. The summed E-state index contributed by atoms with van der Waals surface area (Å²) in [6.07, 6.45) is 2.84. The number of para-hydroxylation sites is 1. The first-order chi connectivity index (χ1) is 12.5. The zero-order chi connectivity index (χ0) is 18.6. The summed E-state index contributed by atoms with van der Waals surface area (Å²) < 4.78 is 3.94. The van der Waals surface area contributed by atoms with Crippen molar-refractivity contribution in [2.45, 2.75) is 33.2 Å². The van der Waals surface area contributed by atoms with Gasteiger partial charge in [0.05, 0.1) is 0 Å². The van der Waals surface area contributed by atoms with Crippen LogP contribution in [-0.4, -0.2) is 45.7 Å². The molecule has 7 heteroatoms. The highest BCUT2D eigenvalue weighted by atomic mass is 16.2. The van der Waals surface area contributed by atoms with Crippen molar-refractivity contribution in [1.29, 1.82) is 0 Å². The molecule has 7 nitrogen and oxygen atoms in total. The van der Waals surface area contributed by atoms with Crippen LogP contribution in [0.5, 0.6) is 0 Å². The first-order valence-corrected chi connectivity index (χ1v) is 8.89. The molecule has 2 aliphatic heterocycles. The molecule has 3 heterocycles. The number of hydrogen-bond donors (Lipinski definition) is 0. The van der Waals surface area contributed by atoms with Crippen LogP contribution in [0.3, 0.4) is 0 Å². The van der Waals surface area contributed by atoms with Crippen LogP contribution in [0.1, 0.15) is 31.1 Å². The number of aromatic nitrogens is 2. The fraction of sp³-hybridized carbons (Fsp3) is 0.368. The van der Waals surface area contributed by atoms with Crippen LogP contribution in [0.2, 0.25) is 0 Å². The molecule has 4 rings (SSSR count). The van der Waals surface area contributed by atoms with Crippen LogP contribution in [0, 0.1) is 6.92 Å². The quantitative estimate of drug-likeness (QED) is 0.795. The van der Waals surface area contributed by atoms with Crippen molar-refractivity contribution in [3.63, 3.8) is 0 Å². The second-order valence-electron chi connectivity index (χ2n) is 6.59. The van der Waals surface area contributed by atoms with Crippen LogP contribution >= 0.6 is 0 Å². The van der Waals surface area contributed by atoms with E-state index in [1.807, 2.05) is 29.8 Å². The number of amidine groups is 1. The van der Waals surface area contributed by atoms with Gasteiger partial charge in [0, 0.05) is 13.6 Å². The molecule has 0 aliphatic carbocycles. The highest BCUT2D eigenvalue weighted by Gasteiger charge is 2.52. The molecule has 0 bridgehead atoms. The normalized spacial score (nSPS) is 18.9. The van der Waals surface area contributed by atoms with Crippen molar-refractivity contribution in [1.82, 2.24) is 14.4 Å². The van der Waals surface area contributed by atoms with E-state index in [1.165, 1.54) is 15.4 Å². The first-order valence-electron chi connectivity index (χ1n) is 8.89. The van der Waals surface area contributed by atoms with Crippen molar-refractivity contribution in [2.24, 2.45) is 4.99 Å². The molecule has 134 valence electrons. The largest absolute Gasteiger partial charge is 0.406 e. The zero-order valence-electron chi connectivity index (χ0n) is 15.4. The number of likely N-dealkylation sites (N-methyl/N-ethyl adjacent to an activating group) is 2. The molecule has 1 aromatic heterocycles. The van der Waals surface area contributed by atoms with Gasteiger partial charge in [-0.25, -0.2) is 9.36 Å². The highest BCUT2D eigenvalue weighted by molar-refractivity contribution is 6.19. The van der Waals surface area contributed by atoms with Crippen molar-refractivity contribution >= 4 is 23.7 Å². The summed E-state index contributed by atoms with van der Waals surface area (Å²) >= 11 is 0. The lowest BCUT2D eigenvalue weighted by Crippen LogP contribution is -2.62. The van der Waals surface area contributed by atoms with Crippen LogP contribution in [0.25, 0.3) is 5.69 Å². The molecule has 3 amide bonds. The van der Waals surface area contributed by atoms with Crippen LogP contribution in [0.15, 0.2) is 35.5 Å². The van der Waals surface area contributed by atoms with Gasteiger partial charge in [-0.2, -0.15) is 4.57 Å². The topological polar surface area (TPSA) is 61.8 Å². The number of rotatable bonds is 3. The second-order valence-corrected chi connectivity index (χ2v) is 6.59. The number of aliphatic imine (C=N–C) groups is 1. The molecule has 1 saturated heterocycles. The van der Waals surface area contributed by atoms with E-state index in [-0.39, 0.29) is 11.9 Å². The minimum Gasteiger partial charge on any atom is -0.270 e. The Hall–Kier alpha value is -2.96. The average Bonchev–Trinajstić information content (AvgIpc) is 3.15. The van der Waals surface area contributed by atoms with E-state index in [1.54, 1.807) is 14.0 Å². The summed E-state index contributed by atoms with van der Waals surface area (Å²) in [5, 5.41) is 0. The molecule has 1 fully saturated rings. The van der Waals surface area contributed by atoms with Crippen LogP contribution in [0.4, 0.5) is 10.7 Å². The lowest BCUT2D eigenvalue weighted by molar-refractivity contribution is -0.676. The number of carbonyl (C=O) groups is 2. The molecule has 0 spiro atoms. The van der Waals surface area contributed by atoms with E-state index in [0.29, 0.717) is 18.3 Å². The molecular formula is C19H22N5O2+. The van der Waals surface area contributed by atoms with Gasteiger partial charge in [-0.3, -0.25) is 14.6 Å². The number of imide groups is 1. The van der Waals surface area contributed by atoms with E-state index in [0.717, 1.165) is 17.8 Å². The number of aryl methyl sites for hydroxylation is 2. The molecule has 0 radical (unpaired) electrons. The maximum absolute atomic E-state index is 12.9. The van der Waals surface area contributed by atoms with E-state index >= 15 is 0 Å². The molecular weight excluding hydrogens is 330 g/mol. The Bertz CT molecular complexity index is 959. The number of hydrogen-bond acceptors (Lipinski definition) is 3. The molecule has 1 atom stereocenters. The third kappa shape index (κ3) is 2.06. The molecule has 1 unspecified atom stereocenters. The van der Waals surface area contributed by atoms with Gasteiger partial charge in [-0.1, -0.05) is 30.1 Å². The molecule has 0 saturated carbocycles. The first kappa shape index (κ1) is 16.5. The number of urea groups is 1. The molecule has 1 aromatic carbocycles. The van der Waals surface area contributed by atoms with Gasteiger partial charge < -0.3 is 0 Å². The summed E-state index contributed by atoms with van der Waals surface area (Å²) in [4.78, 5) is 32.8. The van der Waals surface area contributed by atoms with Gasteiger partial charge >= 0.3 is 12.0 Å². The third-order valence-electron chi connectivity index (χ3n) is 5.14. The lowest BCUT2D eigenvalue weighted by atomic mass is 10.1. The third-order valence-corrected chi connectivity index (χ3v) is 5.14. The number of fused-ring (bicyclic) bond motifs is 3. The van der Waals surface area contributed by atoms with Crippen molar-refractivity contribution in [3.05, 3.63) is 41.7 Å². The van der Waals surface area contributed by atoms with Crippen LogP contribution < -0.4 is 4.57 Å². The van der Waals surface area contributed by atoms with Gasteiger partial charge in [0.1, 0.15) is 17.6 Å². The average molecular weight is 352 g/mol. The van der Waals surface area contributed by atoms with Crippen molar-refractivity contribution in [2.75, 3.05) is 13.6 Å². The second kappa shape index (κ2) is 5.79. The lowest BCUT2D eigenvalue weighted by Gasteiger charge is -2.32. The molecule has 0 N–H and O–H groups in total. The Morgan fingerprint density at radius 2 is 1.92 bits per heavy atom. The zero-order valence-corrected chi connectivity index (χ0v) is 15.4. The SMILES string of the molecule is CCc1ccccc1-n1c(C)c[n+]2c1N=C1C2C(=O)N(CC)C(=O)N1C. The number of benzene rings is 1. The Balaban J connectivity index is 1.92. The van der Waals surface area contributed by atoms with E-state index in [2.05, 4.69) is 23.6 Å². The van der Waals surface area contributed by atoms with Gasteiger partial charge in [-0.15, -0.1) is 0 Å². The number of carbonyl (C=O) groups excluding carboxylic acids is 2. The summed E-state index contributed by atoms with van der Waals surface area (Å²) in [5.41, 5.74) is 3.26. The van der Waals surface area contributed by atoms with Gasteiger partial charge in [0.2, 0.25) is 11.9 Å². The Morgan fingerprint density at radius 1 is 1.19 bits per heavy atom. The Morgan fingerprint density at radius 3 is 2.62 bits per heavy atom.